The maximum Gasteiger partial charge on any atom is 0.175 e. The fraction of sp³-hybridized carbons (Fsp3) is 0.308. The molecule has 19 heavy (non-hydrogen) atoms. The summed E-state index contributed by atoms with van der Waals surface area (Å²) in [5.41, 5.74) is 1.13. The highest BCUT2D eigenvalue weighted by atomic mass is 79.9. The van der Waals surface area contributed by atoms with Crippen LogP contribution in [-0.4, -0.2) is 19.1 Å². The van der Waals surface area contributed by atoms with Gasteiger partial charge in [0, 0.05) is 18.1 Å². The van der Waals surface area contributed by atoms with Crippen molar-refractivity contribution in [3.8, 4) is 11.5 Å². The van der Waals surface area contributed by atoms with Gasteiger partial charge in [0.25, 0.3) is 0 Å². The molecule has 0 radical (unpaired) electrons. The number of methoxy groups -OCH3 is 1. The predicted octanol–water partition coefficient (Wildman–Crippen LogP) is 3.21. The van der Waals surface area contributed by atoms with Crippen molar-refractivity contribution in [2.75, 3.05) is 14.2 Å². The fourth-order valence-corrected chi connectivity index (χ4v) is 2.81. The Hall–Kier alpha value is -1.11. The van der Waals surface area contributed by atoms with Crippen LogP contribution in [0.15, 0.2) is 28.2 Å². The summed E-state index contributed by atoms with van der Waals surface area (Å²) >= 11 is 5.09. The first kappa shape index (κ1) is 14.3. The van der Waals surface area contributed by atoms with Crippen molar-refractivity contribution in [3.05, 3.63) is 38.8 Å². The second-order valence-electron chi connectivity index (χ2n) is 3.85. The van der Waals surface area contributed by atoms with Gasteiger partial charge in [-0.1, -0.05) is 0 Å². The number of rotatable bonds is 6. The van der Waals surface area contributed by atoms with Crippen molar-refractivity contribution in [1.82, 2.24) is 10.3 Å². The number of hydrogen-bond donors (Lipinski definition) is 1. The second kappa shape index (κ2) is 6.88. The van der Waals surface area contributed by atoms with E-state index in [0.29, 0.717) is 12.4 Å². The largest absolute Gasteiger partial charge is 0.493 e. The molecule has 0 aliphatic rings. The Labute approximate surface area is 124 Å². The summed E-state index contributed by atoms with van der Waals surface area (Å²) < 4.78 is 12.1. The van der Waals surface area contributed by atoms with E-state index >= 15 is 0 Å². The van der Waals surface area contributed by atoms with Gasteiger partial charge in [-0.25, -0.2) is 4.98 Å². The maximum absolute atomic E-state index is 5.79. The van der Waals surface area contributed by atoms with Crippen LogP contribution in [0.5, 0.6) is 11.5 Å². The Morgan fingerprint density at radius 1 is 1.42 bits per heavy atom. The average molecular weight is 343 g/mol. The van der Waals surface area contributed by atoms with Crippen molar-refractivity contribution >= 4 is 27.3 Å². The normalized spacial score (nSPS) is 10.5. The SMILES string of the molecule is CNCc1cc(Br)c(OCc2nccs2)c(OC)c1. The Morgan fingerprint density at radius 2 is 2.26 bits per heavy atom. The molecule has 0 spiro atoms. The molecule has 1 heterocycles. The monoisotopic (exact) mass is 342 g/mol. The van der Waals surface area contributed by atoms with Gasteiger partial charge in [-0.15, -0.1) is 11.3 Å². The predicted molar refractivity (Wildman–Crippen MR) is 79.9 cm³/mol. The highest BCUT2D eigenvalue weighted by Crippen LogP contribution is 2.37. The second-order valence-corrected chi connectivity index (χ2v) is 5.69. The Bertz CT molecular complexity index is 532. The van der Waals surface area contributed by atoms with Crippen molar-refractivity contribution in [3.63, 3.8) is 0 Å². The van der Waals surface area contributed by atoms with E-state index in [0.717, 1.165) is 27.3 Å². The van der Waals surface area contributed by atoms with E-state index in [1.807, 2.05) is 24.6 Å². The molecule has 1 N–H and O–H groups in total. The summed E-state index contributed by atoms with van der Waals surface area (Å²) in [6.07, 6.45) is 1.77. The van der Waals surface area contributed by atoms with Crippen molar-refractivity contribution in [2.45, 2.75) is 13.2 Å². The van der Waals surface area contributed by atoms with Gasteiger partial charge >= 0.3 is 0 Å². The molecule has 2 aromatic rings. The van der Waals surface area contributed by atoms with E-state index in [2.05, 4.69) is 26.2 Å². The van der Waals surface area contributed by atoms with Crippen LogP contribution in [0.4, 0.5) is 0 Å². The third-order valence-corrected chi connectivity index (χ3v) is 3.84. The van der Waals surface area contributed by atoms with Gasteiger partial charge in [0.2, 0.25) is 0 Å². The van der Waals surface area contributed by atoms with Gasteiger partial charge in [0.05, 0.1) is 11.6 Å². The van der Waals surface area contributed by atoms with Gasteiger partial charge < -0.3 is 14.8 Å². The first-order chi connectivity index (χ1) is 9.24. The van der Waals surface area contributed by atoms with Crippen molar-refractivity contribution in [2.24, 2.45) is 0 Å². The maximum atomic E-state index is 5.79. The summed E-state index contributed by atoms with van der Waals surface area (Å²) in [7, 11) is 3.55. The zero-order chi connectivity index (χ0) is 13.7. The zero-order valence-electron chi connectivity index (χ0n) is 10.8. The molecule has 102 valence electrons. The fourth-order valence-electron chi connectivity index (χ4n) is 1.68. The summed E-state index contributed by atoms with van der Waals surface area (Å²) in [6, 6.07) is 3.99. The smallest absolute Gasteiger partial charge is 0.175 e. The van der Waals surface area contributed by atoms with E-state index in [4.69, 9.17) is 9.47 Å². The van der Waals surface area contributed by atoms with Crippen LogP contribution >= 0.6 is 27.3 Å². The van der Waals surface area contributed by atoms with Gasteiger partial charge in [0.1, 0.15) is 11.6 Å². The molecule has 0 aliphatic heterocycles. The molecule has 0 amide bonds. The molecule has 0 atom stereocenters. The summed E-state index contributed by atoms with van der Waals surface area (Å²) in [6.45, 7) is 1.22. The molecular weight excluding hydrogens is 328 g/mol. The van der Waals surface area contributed by atoms with E-state index in [1.165, 1.54) is 0 Å². The Morgan fingerprint density at radius 3 is 2.89 bits per heavy atom. The molecular formula is C13H15BrN2O2S. The minimum atomic E-state index is 0.442. The van der Waals surface area contributed by atoms with Crippen molar-refractivity contribution in [1.29, 1.82) is 0 Å². The number of nitrogens with one attached hydrogen (secondary N) is 1. The number of benzene rings is 1. The number of thiazole rings is 1. The molecule has 0 aliphatic carbocycles. The molecule has 2 rings (SSSR count). The lowest BCUT2D eigenvalue weighted by molar-refractivity contribution is 0.282. The van der Waals surface area contributed by atoms with Crippen LogP contribution in [-0.2, 0) is 13.2 Å². The molecule has 0 unspecified atom stereocenters. The topological polar surface area (TPSA) is 43.4 Å². The third kappa shape index (κ3) is 3.68. The number of hydrogen-bond acceptors (Lipinski definition) is 5. The van der Waals surface area contributed by atoms with Crippen LogP contribution in [0.1, 0.15) is 10.6 Å². The molecule has 0 fully saturated rings. The number of ether oxygens (including phenoxy) is 2. The molecule has 0 saturated carbocycles. The van der Waals surface area contributed by atoms with Gasteiger partial charge in [-0.3, -0.25) is 0 Å². The summed E-state index contributed by atoms with van der Waals surface area (Å²) in [4.78, 5) is 4.19. The highest BCUT2D eigenvalue weighted by molar-refractivity contribution is 9.10. The molecule has 0 saturated heterocycles. The van der Waals surface area contributed by atoms with E-state index in [1.54, 1.807) is 24.6 Å². The van der Waals surface area contributed by atoms with E-state index in [-0.39, 0.29) is 0 Å². The molecule has 4 nitrogen and oxygen atoms in total. The lowest BCUT2D eigenvalue weighted by Gasteiger charge is -2.13. The Kier molecular flexibility index (Phi) is 5.18. The number of halogens is 1. The summed E-state index contributed by atoms with van der Waals surface area (Å²) in [5.74, 6) is 1.42. The average Bonchev–Trinajstić information content (AvgIpc) is 2.90. The molecule has 1 aromatic heterocycles. The number of aromatic nitrogens is 1. The minimum absolute atomic E-state index is 0.442. The van der Waals surface area contributed by atoms with E-state index in [9.17, 15) is 0 Å². The number of nitrogens with zero attached hydrogens (tertiary/aromatic N) is 1. The van der Waals surface area contributed by atoms with Gasteiger partial charge in [0.15, 0.2) is 11.5 Å². The van der Waals surface area contributed by atoms with Gasteiger partial charge in [-0.2, -0.15) is 0 Å². The lowest BCUT2D eigenvalue weighted by atomic mass is 10.2. The highest BCUT2D eigenvalue weighted by Gasteiger charge is 2.12. The minimum Gasteiger partial charge on any atom is -0.493 e. The molecule has 6 heteroatoms. The lowest BCUT2D eigenvalue weighted by Crippen LogP contribution is -2.06. The zero-order valence-corrected chi connectivity index (χ0v) is 13.2. The quantitative estimate of drug-likeness (QED) is 0.875. The standard InChI is InChI=1S/C13H15BrN2O2S/c1-15-7-9-5-10(14)13(11(6-9)17-2)18-8-12-16-3-4-19-12/h3-6,15H,7-8H2,1-2H3. The van der Waals surface area contributed by atoms with Crippen LogP contribution in [0, 0.1) is 0 Å². The summed E-state index contributed by atoms with van der Waals surface area (Å²) in [5, 5.41) is 5.98. The first-order valence-electron chi connectivity index (χ1n) is 5.76. The van der Waals surface area contributed by atoms with Gasteiger partial charge in [-0.05, 0) is 40.7 Å². The molecule has 1 aromatic carbocycles. The van der Waals surface area contributed by atoms with Crippen LogP contribution in [0.3, 0.4) is 0 Å². The molecule has 0 bridgehead atoms. The van der Waals surface area contributed by atoms with Crippen molar-refractivity contribution < 1.29 is 9.47 Å². The van der Waals surface area contributed by atoms with E-state index < -0.39 is 0 Å². The van der Waals surface area contributed by atoms with Crippen LogP contribution in [0.25, 0.3) is 0 Å². The first-order valence-corrected chi connectivity index (χ1v) is 7.44. The Balaban J connectivity index is 2.18. The van der Waals surface area contributed by atoms with Crippen LogP contribution < -0.4 is 14.8 Å². The van der Waals surface area contributed by atoms with Crippen LogP contribution in [0.2, 0.25) is 0 Å². The third-order valence-electron chi connectivity index (χ3n) is 2.49.